The second kappa shape index (κ2) is 14.0. The summed E-state index contributed by atoms with van der Waals surface area (Å²) in [5.74, 6) is 0.439. The Bertz CT molecular complexity index is 4270. The first-order chi connectivity index (χ1) is 33.7. The molecule has 0 aliphatic rings. The molecule has 13 aromatic rings. The minimum Gasteiger partial charge on any atom is -0.456 e. The van der Waals surface area contributed by atoms with Crippen LogP contribution >= 0.6 is 0 Å². The fraction of sp³-hybridized carbons (Fsp3) is 0. The minimum absolute atomic E-state index is 0.0361. The molecule has 0 saturated heterocycles. The van der Waals surface area contributed by atoms with Crippen molar-refractivity contribution < 1.29 is 17.1 Å². The lowest BCUT2D eigenvalue weighted by atomic mass is 9.99. The Morgan fingerprint density at radius 2 is 1.06 bits per heavy atom. The predicted octanol–water partition coefficient (Wildman–Crippen LogP) is 15.1. The van der Waals surface area contributed by atoms with E-state index in [2.05, 4.69) is 24.3 Å². The molecule has 0 fully saturated rings. The lowest BCUT2D eigenvalue weighted by molar-refractivity contribution is 0.669. The van der Waals surface area contributed by atoms with Crippen molar-refractivity contribution in [3.8, 4) is 62.1 Å². The van der Waals surface area contributed by atoms with Crippen molar-refractivity contribution in [2.75, 3.05) is 0 Å². The monoisotopic (exact) mass is 812 g/mol. The summed E-state index contributed by atoms with van der Waals surface area (Å²) in [5.41, 5.74) is 8.38. The molecule has 0 spiro atoms. The number of para-hydroxylation sites is 1. The molecule has 6 heteroatoms. The standard InChI is InChI=1S/C57H34N4O2/c1-4-15-35(16-5-1)38-21-12-22-39(33-38)55-58-56(40-29-30-44-50(34-40)62-48-27-13-24-41(51(44)48)36-17-6-2-7-18-36)60-57(59-55)61-46-26-11-10-23-43(46)53-47(61)32-31-45-52-42(37-19-8-3-9-20-37)25-14-28-49(52)63-54(45)53/h1-34H/i13D,24D,27D,29D,30D,34D. The highest BCUT2D eigenvalue weighted by atomic mass is 16.3. The molecule has 0 bridgehead atoms. The van der Waals surface area contributed by atoms with E-state index in [0.717, 1.165) is 60.4 Å². The van der Waals surface area contributed by atoms with Gasteiger partial charge in [0.05, 0.1) is 24.6 Å². The average molecular weight is 813 g/mol. The van der Waals surface area contributed by atoms with Crippen LogP contribution in [0, 0.1) is 0 Å². The van der Waals surface area contributed by atoms with Gasteiger partial charge in [-0.15, -0.1) is 0 Å². The highest BCUT2D eigenvalue weighted by Crippen LogP contribution is 2.44. The van der Waals surface area contributed by atoms with Crippen LogP contribution in [0.25, 0.3) is 128 Å². The number of rotatable bonds is 6. The van der Waals surface area contributed by atoms with E-state index in [0.29, 0.717) is 16.7 Å². The number of aromatic nitrogens is 4. The zero-order valence-electron chi connectivity index (χ0n) is 39.3. The summed E-state index contributed by atoms with van der Waals surface area (Å²) in [5, 5.41) is 4.04. The van der Waals surface area contributed by atoms with Crippen LogP contribution in [0.15, 0.2) is 215 Å². The summed E-state index contributed by atoms with van der Waals surface area (Å²) >= 11 is 0. The zero-order chi connectivity index (χ0) is 46.7. The molecule has 4 heterocycles. The fourth-order valence-electron chi connectivity index (χ4n) is 8.96. The van der Waals surface area contributed by atoms with Gasteiger partial charge in [0, 0.05) is 38.1 Å². The first-order valence-corrected chi connectivity index (χ1v) is 20.6. The van der Waals surface area contributed by atoms with Gasteiger partial charge in [-0.3, -0.25) is 4.57 Å². The van der Waals surface area contributed by atoms with Crippen LogP contribution in [0.4, 0.5) is 0 Å². The van der Waals surface area contributed by atoms with Gasteiger partial charge in [-0.2, -0.15) is 9.97 Å². The van der Waals surface area contributed by atoms with E-state index in [4.69, 9.17) is 27.9 Å². The van der Waals surface area contributed by atoms with Crippen LogP contribution in [0.5, 0.6) is 0 Å². The molecular formula is C57H34N4O2. The summed E-state index contributed by atoms with van der Waals surface area (Å²) in [6.45, 7) is 0. The quantitative estimate of drug-likeness (QED) is 0.167. The maximum Gasteiger partial charge on any atom is 0.238 e. The summed E-state index contributed by atoms with van der Waals surface area (Å²) in [6, 6.07) is 53.5. The maximum absolute atomic E-state index is 9.78. The third kappa shape index (κ3) is 5.62. The second-order valence-electron chi connectivity index (χ2n) is 15.4. The van der Waals surface area contributed by atoms with E-state index in [1.165, 1.54) is 0 Å². The Morgan fingerprint density at radius 3 is 1.87 bits per heavy atom. The first kappa shape index (κ1) is 29.6. The number of hydrogen-bond acceptors (Lipinski definition) is 5. The van der Waals surface area contributed by atoms with Gasteiger partial charge >= 0.3 is 0 Å². The van der Waals surface area contributed by atoms with Gasteiger partial charge in [0.15, 0.2) is 11.6 Å². The molecule has 0 radical (unpaired) electrons. The largest absolute Gasteiger partial charge is 0.456 e. The van der Waals surface area contributed by atoms with Gasteiger partial charge in [-0.1, -0.05) is 158 Å². The number of benzene rings is 9. The van der Waals surface area contributed by atoms with Gasteiger partial charge in [-0.05, 0) is 81.8 Å². The molecule has 0 amide bonds. The molecule has 294 valence electrons. The number of nitrogens with zero attached hydrogens (tertiary/aromatic N) is 4. The van der Waals surface area contributed by atoms with Gasteiger partial charge in [-0.25, -0.2) is 4.98 Å². The summed E-state index contributed by atoms with van der Waals surface area (Å²) < 4.78 is 70.7. The number of hydrogen-bond donors (Lipinski definition) is 0. The Labute approximate surface area is 369 Å². The Morgan fingerprint density at radius 1 is 0.397 bits per heavy atom. The molecule has 4 aromatic heterocycles. The van der Waals surface area contributed by atoms with E-state index in [9.17, 15) is 4.11 Å². The van der Waals surface area contributed by atoms with Gasteiger partial charge < -0.3 is 8.83 Å². The second-order valence-corrected chi connectivity index (χ2v) is 15.4. The van der Waals surface area contributed by atoms with Gasteiger partial charge in [0.1, 0.15) is 22.3 Å². The third-order valence-corrected chi connectivity index (χ3v) is 11.8. The fourth-order valence-corrected chi connectivity index (χ4v) is 8.96. The molecular weight excluding hydrogens is 773 g/mol. The van der Waals surface area contributed by atoms with Crippen molar-refractivity contribution >= 4 is 65.7 Å². The van der Waals surface area contributed by atoms with E-state index < -0.39 is 0 Å². The highest BCUT2D eigenvalue weighted by molar-refractivity contribution is 6.25. The van der Waals surface area contributed by atoms with Crippen LogP contribution in [-0.2, 0) is 0 Å². The van der Waals surface area contributed by atoms with E-state index in [-0.39, 0.29) is 86.9 Å². The number of furan rings is 2. The van der Waals surface area contributed by atoms with Crippen molar-refractivity contribution in [2.24, 2.45) is 0 Å². The van der Waals surface area contributed by atoms with Gasteiger partial charge in [0.25, 0.3) is 0 Å². The predicted molar refractivity (Wildman–Crippen MR) is 256 cm³/mol. The minimum atomic E-state index is -0.350. The molecule has 63 heavy (non-hydrogen) atoms. The van der Waals surface area contributed by atoms with E-state index in [1.807, 2.05) is 126 Å². The molecule has 0 unspecified atom stereocenters. The van der Waals surface area contributed by atoms with Crippen molar-refractivity contribution in [3.05, 3.63) is 206 Å². The Balaban J connectivity index is 1.10. The smallest absolute Gasteiger partial charge is 0.238 e. The SMILES string of the molecule is [2H]c1c([2H])c(-c2ccccc2)c2c(oc3c([2H])c(-c4nc(-c5cccc(-c6ccccc6)c5)nc(-n5c6ccccc6c6c7oc8cccc(-c9ccccc9)c8c7ccc65)n4)c([2H])c([2H])c32)c1[2H]. The summed E-state index contributed by atoms with van der Waals surface area (Å²) in [4.78, 5) is 15.3. The van der Waals surface area contributed by atoms with Crippen LogP contribution in [0.2, 0.25) is 0 Å². The highest BCUT2D eigenvalue weighted by Gasteiger charge is 2.23. The third-order valence-electron chi connectivity index (χ3n) is 11.8. The van der Waals surface area contributed by atoms with Crippen molar-refractivity contribution in [3.63, 3.8) is 0 Å². The van der Waals surface area contributed by atoms with Crippen LogP contribution in [0.1, 0.15) is 8.22 Å². The molecule has 0 saturated carbocycles. The number of fused-ring (bicyclic) bond motifs is 10. The molecule has 9 aromatic carbocycles. The summed E-state index contributed by atoms with van der Waals surface area (Å²) in [7, 11) is 0. The normalized spacial score (nSPS) is 13.1. The topological polar surface area (TPSA) is 69.9 Å². The summed E-state index contributed by atoms with van der Waals surface area (Å²) in [6.07, 6.45) is 0. The van der Waals surface area contributed by atoms with E-state index in [1.54, 1.807) is 24.3 Å². The van der Waals surface area contributed by atoms with Crippen LogP contribution in [0.3, 0.4) is 0 Å². The van der Waals surface area contributed by atoms with Gasteiger partial charge in [0.2, 0.25) is 5.95 Å². The molecule has 0 atom stereocenters. The van der Waals surface area contributed by atoms with Crippen LogP contribution in [-0.4, -0.2) is 19.5 Å². The van der Waals surface area contributed by atoms with Crippen molar-refractivity contribution in [2.45, 2.75) is 0 Å². The first-order valence-electron chi connectivity index (χ1n) is 23.6. The molecule has 0 aliphatic heterocycles. The van der Waals surface area contributed by atoms with Crippen LogP contribution < -0.4 is 0 Å². The molecule has 0 aliphatic carbocycles. The maximum atomic E-state index is 9.78. The molecule has 13 rings (SSSR count). The Kier molecular flexibility index (Phi) is 6.56. The molecule has 0 N–H and O–H groups in total. The van der Waals surface area contributed by atoms with Crippen molar-refractivity contribution in [1.29, 1.82) is 0 Å². The van der Waals surface area contributed by atoms with Crippen molar-refractivity contribution in [1.82, 2.24) is 19.5 Å². The lowest BCUT2D eigenvalue weighted by Gasteiger charge is -2.12. The average Bonchev–Trinajstić information content (AvgIpc) is 4.09. The Hall–Kier alpha value is -8.61. The molecule has 6 nitrogen and oxygen atoms in total. The zero-order valence-corrected chi connectivity index (χ0v) is 33.3. The van der Waals surface area contributed by atoms with E-state index >= 15 is 0 Å². The lowest BCUT2D eigenvalue weighted by Crippen LogP contribution is -2.06.